The van der Waals surface area contributed by atoms with E-state index in [-0.39, 0.29) is 12.8 Å². The number of aliphatic carboxylic acids is 1. The van der Waals surface area contributed by atoms with Gasteiger partial charge in [-0.05, 0) is 57.7 Å². The van der Waals surface area contributed by atoms with E-state index in [4.69, 9.17) is 11.5 Å². The molecule has 2 rings (SSSR count). The van der Waals surface area contributed by atoms with Crippen molar-refractivity contribution < 1.29 is 29.4 Å². The molecule has 0 saturated heterocycles. The van der Waals surface area contributed by atoms with E-state index in [0.717, 1.165) is 16.5 Å². The number of carbonyl (C=O) groups excluding carboxylic acids is 3. The molecule has 0 spiro atoms. The van der Waals surface area contributed by atoms with Crippen LogP contribution in [0.3, 0.4) is 0 Å². The van der Waals surface area contributed by atoms with Crippen LogP contribution >= 0.6 is 0 Å². The summed E-state index contributed by atoms with van der Waals surface area (Å²) < 4.78 is 0. The zero-order valence-electron chi connectivity index (χ0n) is 20.5. The van der Waals surface area contributed by atoms with Crippen LogP contribution in [0.5, 0.6) is 0 Å². The number of unbranched alkanes of at least 4 members (excludes halogenated alkanes) is 1. The number of aromatic nitrogens is 1. The van der Waals surface area contributed by atoms with Crippen LogP contribution in [0.25, 0.3) is 10.9 Å². The highest BCUT2D eigenvalue weighted by molar-refractivity contribution is 5.94. The first-order valence-electron chi connectivity index (χ1n) is 11.9. The molecule has 0 aliphatic carbocycles. The van der Waals surface area contributed by atoms with Crippen LogP contribution in [0.1, 0.15) is 38.7 Å². The Hall–Kier alpha value is -3.48. The molecule has 1 heterocycles. The van der Waals surface area contributed by atoms with Crippen LogP contribution in [0.2, 0.25) is 0 Å². The Kier molecular flexibility index (Phi) is 10.8. The number of carboxylic acid groups (broad SMARTS) is 1. The predicted octanol–water partition coefficient (Wildman–Crippen LogP) is -0.894. The van der Waals surface area contributed by atoms with Gasteiger partial charge in [0.1, 0.15) is 18.1 Å². The third-order valence-electron chi connectivity index (χ3n) is 5.83. The summed E-state index contributed by atoms with van der Waals surface area (Å²) in [6.07, 6.45) is 1.93. The molecule has 0 radical (unpaired) electrons. The standard InChI is InChI=1S/C24H36N6O6/c1-13(28-22(33)17(26)11-15-12-27-18-8-4-3-7-16(15)18)21(32)30-20(14(2)31)23(34)29-19(24(35)36)9-5-6-10-25/h3-4,7-8,12-14,17,19-20,27,31H,5-6,9-11,25-26H2,1-2H3,(H,28,33)(H,29,34)(H,30,32)(H,35,36). The van der Waals surface area contributed by atoms with Crippen LogP contribution in [0.4, 0.5) is 0 Å². The van der Waals surface area contributed by atoms with Crippen molar-refractivity contribution in [2.75, 3.05) is 6.54 Å². The number of aliphatic hydroxyl groups is 1. The van der Waals surface area contributed by atoms with Gasteiger partial charge in [-0.3, -0.25) is 14.4 Å². The van der Waals surface area contributed by atoms with E-state index < -0.39 is 54.0 Å². The van der Waals surface area contributed by atoms with Crippen LogP contribution < -0.4 is 27.4 Å². The van der Waals surface area contributed by atoms with E-state index in [2.05, 4.69) is 20.9 Å². The number of aliphatic hydroxyl groups excluding tert-OH is 1. The summed E-state index contributed by atoms with van der Waals surface area (Å²) in [5, 5.41) is 27.5. The number of benzene rings is 1. The number of carbonyl (C=O) groups is 4. The second kappa shape index (κ2) is 13.6. The van der Waals surface area contributed by atoms with Gasteiger partial charge in [0.25, 0.3) is 0 Å². The lowest BCUT2D eigenvalue weighted by Gasteiger charge is -2.25. The van der Waals surface area contributed by atoms with Crippen molar-refractivity contribution in [1.29, 1.82) is 0 Å². The number of H-pyrrole nitrogens is 1. The largest absolute Gasteiger partial charge is 0.480 e. The maximum absolute atomic E-state index is 12.6. The summed E-state index contributed by atoms with van der Waals surface area (Å²) in [4.78, 5) is 52.4. The molecule has 2 aromatic rings. The number of rotatable bonds is 14. The Bertz CT molecular complexity index is 1050. The Balaban J connectivity index is 1.94. The average Bonchev–Trinajstić information content (AvgIpc) is 3.23. The number of nitrogens with one attached hydrogen (secondary N) is 4. The summed E-state index contributed by atoms with van der Waals surface area (Å²) in [6, 6.07) is 2.97. The van der Waals surface area contributed by atoms with Gasteiger partial charge in [-0.15, -0.1) is 0 Å². The van der Waals surface area contributed by atoms with Gasteiger partial charge in [0.2, 0.25) is 17.7 Å². The SMILES string of the molecule is CC(NC(=O)C(N)Cc1c[nH]c2ccccc12)C(=O)NC(C(=O)NC(CCCCN)C(=O)O)C(C)O. The maximum atomic E-state index is 12.6. The number of hydrogen-bond donors (Lipinski definition) is 8. The Labute approximate surface area is 209 Å². The van der Waals surface area contributed by atoms with Crippen LogP contribution in [0, 0.1) is 0 Å². The third-order valence-corrected chi connectivity index (χ3v) is 5.83. The normalized spacial score (nSPS) is 15.4. The average molecular weight is 505 g/mol. The third kappa shape index (κ3) is 8.04. The number of nitrogens with two attached hydrogens (primary N) is 2. The maximum Gasteiger partial charge on any atom is 0.326 e. The van der Waals surface area contributed by atoms with E-state index in [1.165, 1.54) is 13.8 Å². The highest BCUT2D eigenvalue weighted by Crippen LogP contribution is 2.18. The van der Waals surface area contributed by atoms with E-state index in [1.807, 2.05) is 24.3 Å². The van der Waals surface area contributed by atoms with Crippen LogP contribution in [-0.4, -0.2) is 75.7 Å². The molecular formula is C24H36N6O6. The molecular weight excluding hydrogens is 468 g/mol. The van der Waals surface area contributed by atoms with E-state index in [1.54, 1.807) is 6.20 Å². The minimum atomic E-state index is -1.42. The lowest BCUT2D eigenvalue weighted by Crippen LogP contribution is -2.59. The number of amides is 3. The first-order chi connectivity index (χ1) is 17.0. The van der Waals surface area contributed by atoms with E-state index in [9.17, 15) is 29.4 Å². The minimum Gasteiger partial charge on any atom is -0.480 e. The fourth-order valence-corrected chi connectivity index (χ4v) is 3.71. The van der Waals surface area contributed by atoms with Crippen molar-refractivity contribution >= 4 is 34.6 Å². The zero-order chi connectivity index (χ0) is 26.8. The fourth-order valence-electron chi connectivity index (χ4n) is 3.71. The van der Waals surface area contributed by atoms with Crippen LogP contribution in [-0.2, 0) is 25.6 Å². The van der Waals surface area contributed by atoms with Crippen molar-refractivity contribution in [3.8, 4) is 0 Å². The fraction of sp³-hybridized carbons (Fsp3) is 0.500. The summed E-state index contributed by atoms with van der Waals surface area (Å²) in [5.41, 5.74) is 13.2. The smallest absolute Gasteiger partial charge is 0.326 e. The molecule has 198 valence electrons. The number of aromatic amines is 1. The van der Waals surface area contributed by atoms with Crippen molar-refractivity contribution in [1.82, 2.24) is 20.9 Å². The topological polar surface area (TPSA) is 213 Å². The molecule has 5 atom stereocenters. The summed E-state index contributed by atoms with van der Waals surface area (Å²) >= 11 is 0. The molecule has 0 aliphatic heterocycles. The molecule has 3 amide bonds. The summed E-state index contributed by atoms with van der Waals surface area (Å²) in [6.45, 7) is 3.09. The molecule has 1 aromatic heterocycles. The minimum absolute atomic E-state index is 0.152. The van der Waals surface area contributed by atoms with Crippen molar-refractivity contribution in [2.24, 2.45) is 11.5 Å². The first kappa shape index (κ1) is 28.8. The van der Waals surface area contributed by atoms with Crippen molar-refractivity contribution in [2.45, 2.75) is 69.8 Å². The van der Waals surface area contributed by atoms with Gasteiger partial charge in [0, 0.05) is 17.1 Å². The molecule has 1 aromatic carbocycles. The molecule has 0 saturated carbocycles. The molecule has 10 N–H and O–H groups in total. The predicted molar refractivity (Wildman–Crippen MR) is 134 cm³/mol. The second-order valence-electron chi connectivity index (χ2n) is 8.81. The molecule has 0 fully saturated rings. The summed E-state index contributed by atoms with van der Waals surface area (Å²) in [7, 11) is 0. The van der Waals surface area contributed by atoms with E-state index >= 15 is 0 Å². The highest BCUT2D eigenvalue weighted by Gasteiger charge is 2.31. The van der Waals surface area contributed by atoms with Gasteiger partial charge < -0.3 is 42.6 Å². The van der Waals surface area contributed by atoms with Gasteiger partial charge in [-0.2, -0.15) is 0 Å². The van der Waals surface area contributed by atoms with Gasteiger partial charge in [-0.25, -0.2) is 4.79 Å². The number of fused-ring (bicyclic) bond motifs is 1. The van der Waals surface area contributed by atoms with Crippen LogP contribution in [0.15, 0.2) is 30.5 Å². The lowest BCUT2D eigenvalue weighted by atomic mass is 10.0. The summed E-state index contributed by atoms with van der Waals surface area (Å²) in [5.74, 6) is -3.39. The zero-order valence-corrected chi connectivity index (χ0v) is 20.5. The number of para-hydroxylation sites is 1. The second-order valence-corrected chi connectivity index (χ2v) is 8.81. The Morgan fingerprint density at radius 1 is 1.00 bits per heavy atom. The molecule has 0 bridgehead atoms. The highest BCUT2D eigenvalue weighted by atomic mass is 16.4. The molecule has 36 heavy (non-hydrogen) atoms. The quantitative estimate of drug-likeness (QED) is 0.151. The Morgan fingerprint density at radius 3 is 2.33 bits per heavy atom. The van der Waals surface area contributed by atoms with Gasteiger partial charge in [0.15, 0.2) is 0 Å². The lowest BCUT2D eigenvalue weighted by molar-refractivity contribution is -0.143. The molecule has 0 aliphatic rings. The Morgan fingerprint density at radius 2 is 1.69 bits per heavy atom. The van der Waals surface area contributed by atoms with Crippen molar-refractivity contribution in [3.05, 3.63) is 36.0 Å². The van der Waals surface area contributed by atoms with Gasteiger partial charge in [0.05, 0.1) is 12.1 Å². The van der Waals surface area contributed by atoms with Gasteiger partial charge in [-0.1, -0.05) is 18.2 Å². The van der Waals surface area contributed by atoms with Crippen molar-refractivity contribution in [3.63, 3.8) is 0 Å². The molecule has 12 heteroatoms. The monoisotopic (exact) mass is 504 g/mol. The first-order valence-corrected chi connectivity index (χ1v) is 11.9. The number of hydrogen-bond acceptors (Lipinski definition) is 7. The van der Waals surface area contributed by atoms with E-state index in [0.29, 0.717) is 19.4 Å². The number of carboxylic acids is 1. The van der Waals surface area contributed by atoms with Gasteiger partial charge >= 0.3 is 5.97 Å². The molecule has 12 nitrogen and oxygen atoms in total. The molecule has 5 unspecified atom stereocenters.